The Bertz CT molecular complexity index is 561. The van der Waals surface area contributed by atoms with E-state index in [0.29, 0.717) is 11.0 Å². The van der Waals surface area contributed by atoms with Gasteiger partial charge >= 0.3 is 0 Å². The maximum absolute atomic E-state index is 5.97. The van der Waals surface area contributed by atoms with E-state index in [0.717, 1.165) is 43.8 Å². The molecule has 0 aromatic carbocycles. The number of morpholine rings is 1. The van der Waals surface area contributed by atoms with Gasteiger partial charge in [0.15, 0.2) is 0 Å². The Balaban J connectivity index is 2.04. The summed E-state index contributed by atoms with van der Waals surface area (Å²) in [5.74, 6) is 0.963. The Labute approximate surface area is 131 Å². The summed E-state index contributed by atoms with van der Waals surface area (Å²) in [6.07, 6.45) is 4.58. The van der Waals surface area contributed by atoms with Crippen LogP contribution < -0.4 is 10.6 Å². The zero-order chi connectivity index (χ0) is 15.0. The molecule has 0 amide bonds. The molecule has 0 spiro atoms. The zero-order valence-electron chi connectivity index (χ0n) is 12.8. The van der Waals surface area contributed by atoms with Crippen molar-refractivity contribution in [3.63, 3.8) is 0 Å². The van der Waals surface area contributed by atoms with E-state index in [1.54, 1.807) is 0 Å². The minimum atomic E-state index is 0.210. The molecule has 5 heteroatoms. The van der Waals surface area contributed by atoms with Crippen LogP contribution in [0.1, 0.15) is 43.5 Å². The second-order valence-corrected chi connectivity index (χ2v) is 6.48. The van der Waals surface area contributed by atoms with Gasteiger partial charge in [0.1, 0.15) is 10.8 Å². The molecular weight excluding hydrogens is 282 g/mol. The molecule has 2 unspecified atom stereocenters. The molecule has 21 heavy (non-hydrogen) atoms. The second-order valence-electron chi connectivity index (χ2n) is 6.04. The van der Waals surface area contributed by atoms with Gasteiger partial charge in [0.25, 0.3) is 0 Å². The number of ether oxygens (including phenoxy) is 1. The summed E-state index contributed by atoms with van der Waals surface area (Å²) in [5, 5.41) is 0. The number of hydrogen-bond donors (Lipinski definition) is 1. The summed E-state index contributed by atoms with van der Waals surface area (Å²) >= 11 is 5.27. The molecule has 1 aliphatic heterocycles. The number of rotatable bonds is 3. The maximum Gasteiger partial charge on any atom is 0.139 e. The van der Waals surface area contributed by atoms with Crippen LogP contribution in [0.3, 0.4) is 0 Å². The molecule has 1 aromatic heterocycles. The van der Waals surface area contributed by atoms with E-state index >= 15 is 0 Å². The summed E-state index contributed by atoms with van der Waals surface area (Å²) in [5.41, 5.74) is 9.44. The molecule has 4 nitrogen and oxygen atoms in total. The van der Waals surface area contributed by atoms with Gasteiger partial charge in [-0.05, 0) is 44.2 Å². The average Bonchev–Trinajstić information content (AvgIpc) is 2.93. The number of nitrogens with zero attached hydrogens (tertiary/aromatic N) is 2. The van der Waals surface area contributed by atoms with Gasteiger partial charge in [-0.25, -0.2) is 4.98 Å². The van der Waals surface area contributed by atoms with Gasteiger partial charge in [0.05, 0.1) is 24.3 Å². The first kappa shape index (κ1) is 14.7. The topological polar surface area (TPSA) is 51.4 Å². The van der Waals surface area contributed by atoms with Crippen LogP contribution in [0.5, 0.6) is 0 Å². The number of aryl methyl sites for hydroxylation is 2. The number of hydrogen-bond acceptors (Lipinski definition) is 4. The summed E-state index contributed by atoms with van der Waals surface area (Å²) in [6.45, 7) is 5.88. The summed E-state index contributed by atoms with van der Waals surface area (Å²) < 4.78 is 5.79. The first-order chi connectivity index (χ1) is 10.1. The molecule has 0 bridgehead atoms. The van der Waals surface area contributed by atoms with Crippen molar-refractivity contribution in [3.05, 3.63) is 22.9 Å². The van der Waals surface area contributed by atoms with Crippen LogP contribution in [0.15, 0.2) is 6.07 Å². The lowest BCUT2D eigenvalue weighted by Crippen LogP contribution is -2.49. The quantitative estimate of drug-likeness (QED) is 0.868. The van der Waals surface area contributed by atoms with Crippen LogP contribution >= 0.6 is 12.2 Å². The van der Waals surface area contributed by atoms with E-state index in [-0.39, 0.29) is 6.10 Å². The van der Waals surface area contributed by atoms with Crippen LogP contribution in [0.2, 0.25) is 0 Å². The SMILES string of the molecule is CCC1COC(C)CN1c1nc2c(cc1C(N)=S)CCC2. The van der Waals surface area contributed by atoms with E-state index in [1.165, 1.54) is 17.7 Å². The third-order valence-corrected chi connectivity index (χ3v) is 4.73. The standard InChI is InChI=1S/C16H23N3OS/c1-3-12-9-20-10(2)8-19(12)16-13(15(17)21)7-11-5-4-6-14(11)18-16/h7,10,12H,3-6,8-9H2,1-2H3,(H2,17,21). The number of aromatic nitrogens is 1. The number of fused-ring (bicyclic) bond motifs is 1. The largest absolute Gasteiger partial charge is 0.389 e. The number of pyridine rings is 1. The highest BCUT2D eigenvalue weighted by atomic mass is 32.1. The van der Waals surface area contributed by atoms with E-state index < -0.39 is 0 Å². The molecular formula is C16H23N3OS. The molecule has 1 aliphatic carbocycles. The van der Waals surface area contributed by atoms with Crippen molar-refractivity contribution >= 4 is 23.0 Å². The fourth-order valence-electron chi connectivity index (χ4n) is 3.30. The van der Waals surface area contributed by atoms with Crippen LogP contribution in [-0.4, -0.2) is 35.3 Å². The molecule has 1 fully saturated rings. The average molecular weight is 305 g/mol. The predicted molar refractivity (Wildman–Crippen MR) is 89.0 cm³/mol. The maximum atomic E-state index is 5.97. The molecule has 0 saturated carbocycles. The highest BCUT2D eigenvalue weighted by Crippen LogP contribution is 2.30. The van der Waals surface area contributed by atoms with Gasteiger partial charge < -0.3 is 15.4 Å². The second kappa shape index (κ2) is 5.89. The Morgan fingerprint density at radius 2 is 2.33 bits per heavy atom. The third kappa shape index (κ3) is 2.77. The van der Waals surface area contributed by atoms with Crippen LogP contribution in [0.25, 0.3) is 0 Å². The molecule has 0 radical (unpaired) electrons. The molecule has 3 rings (SSSR count). The molecule has 1 aromatic rings. The Morgan fingerprint density at radius 1 is 1.52 bits per heavy atom. The summed E-state index contributed by atoms with van der Waals surface area (Å²) in [7, 11) is 0. The van der Waals surface area contributed by atoms with Gasteiger partial charge in [0.2, 0.25) is 0 Å². The van der Waals surface area contributed by atoms with Gasteiger partial charge in [-0.2, -0.15) is 0 Å². The number of anilines is 1. The molecule has 1 saturated heterocycles. The molecule has 2 atom stereocenters. The monoisotopic (exact) mass is 305 g/mol. The van der Waals surface area contributed by atoms with E-state index in [9.17, 15) is 0 Å². The highest BCUT2D eigenvalue weighted by molar-refractivity contribution is 7.80. The predicted octanol–water partition coefficient (Wildman–Crippen LogP) is 2.21. The minimum Gasteiger partial charge on any atom is -0.389 e. The van der Waals surface area contributed by atoms with Gasteiger partial charge in [-0.15, -0.1) is 0 Å². The molecule has 2 N–H and O–H groups in total. The van der Waals surface area contributed by atoms with Gasteiger partial charge in [-0.3, -0.25) is 0 Å². The van der Waals surface area contributed by atoms with Crippen LogP contribution in [0, 0.1) is 0 Å². The third-order valence-electron chi connectivity index (χ3n) is 4.51. The highest BCUT2D eigenvalue weighted by Gasteiger charge is 2.30. The van der Waals surface area contributed by atoms with E-state index in [2.05, 4.69) is 24.8 Å². The van der Waals surface area contributed by atoms with Gasteiger partial charge in [-0.1, -0.05) is 19.1 Å². The minimum absolute atomic E-state index is 0.210. The Hall–Kier alpha value is -1.20. The van der Waals surface area contributed by atoms with Crippen LogP contribution in [0.4, 0.5) is 5.82 Å². The van der Waals surface area contributed by atoms with Crippen molar-refractivity contribution < 1.29 is 4.74 Å². The first-order valence-corrected chi connectivity index (χ1v) is 8.21. The lowest BCUT2D eigenvalue weighted by atomic mass is 10.1. The van der Waals surface area contributed by atoms with Crippen molar-refractivity contribution in [2.24, 2.45) is 5.73 Å². The fourth-order valence-corrected chi connectivity index (χ4v) is 3.45. The first-order valence-electron chi connectivity index (χ1n) is 7.81. The lowest BCUT2D eigenvalue weighted by molar-refractivity contribution is 0.0296. The van der Waals surface area contributed by atoms with Crippen molar-refractivity contribution in [3.8, 4) is 0 Å². The Morgan fingerprint density at radius 3 is 3.05 bits per heavy atom. The van der Waals surface area contributed by atoms with Crippen molar-refractivity contribution in [1.29, 1.82) is 0 Å². The summed E-state index contributed by atoms with van der Waals surface area (Å²) in [6, 6.07) is 2.51. The molecule has 2 aliphatic rings. The lowest BCUT2D eigenvalue weighted by Gasteiger charge is -2.40. The normalized spacial score (nSPS) is 25.0. The fraction of sp³-hybridized carbons (Fsp3) is 0.625. The van der Waals surface area contributed by atoms with Crippen molar-refractivity contribution in [2.45, 2.75) is 51.7 Å². The van der Waals surface area contributed by atoms with Crippen molar-refractivity contribution in [1.82, 2.24) is 4.98 Å². The number of thiocarbonyl (C=S) groups is 1. The molecule has 2 heterocycles. The van der Waals surface area contributed by atoms with E-state index in [4.69, 9.17) is 27.7 Å². The molecule has 114 valence electrons. The smallest absolute Gasteiger partial charge is 0.139 e. The van der Waals surface area contributed by atoms with Crippen molar-refractivity contribution in [2.75, 3.05) is 18.1 Å². The zero-order valence-corrected chi connectivity index (χ0v) is 13.6. The van der Waals surface area contributed by atoms with Crippen LogP contribution in [-0.2, 0) is 17.6 Å². The van der Waals surface area contributed by atoms with E-state index in [1.807, 2.05) is 0 Å². The summed E-state index contributed by atoms with van der Waals surface area (Å²) in [4.78, 5) is 7.73. The Kier molecular flexibility index (Phi) is 4.13. The van der Waals surface area contributed by atoms with Gasteiger partial charge in [0, 0.05) is 12.2 Å². The number of nitrogens with two attached hydrogens (primary N) is 1.